The number of rotatable bonds is 26. The van der Waals surface area contributed by atoms with E-state index in [1.165, 1.54) is 0 Å². The lowest BCUT2D eigenvalue weighted by Gasteiger charge is -2.35. The predicted molar refractivity (Wildman–Crippen MR) is 297 cm³/mol. The highest BCUT2D eigenvalue weighted by molar-refractivity contribution is 7.81. The van der Waals surface area contributed by atoms with Crippen LogP contribution >= 0.6 is 50.5 Å². The van der Waals surface area contributed by atoms with Gasteiger partial charge in [0.2, 0.25) is 0 Å². The smallest absolute Gasteiger partial charge is 0.307 e. The highest BCUT2D eigenvalue weighted by Gasteiger charge is 2.47. The molecule has 0 amide bonds. The Morgan fingerprint density at radius 1 is 0.411 bits per heavy atom. The van der Waals surface area contributed by atoms with Crippen LogP contribution in [-0.2, 0) is 43.5 Å². The Labute approximate surface area is 448 Å². The summed E-state index contributed by atoms with van der Waals surface area (Å²) in [6.45, 7) is 7.84. The number of fused-ring (bicyclic) bond motifs is 5. The number of carbonyl (C=O) groups is 4. The van der Waals surface area contributed by atoms with Crippen LogP contribution in [0.3, 0.4) is 0 Å². The zero-order valence-electron chi connectivity index (χ0n) is 41.4. The van der Waals surface area contributed by atoms with Gasteiger partial charge in [-0.2, -0.15) is 50.5 Å². The van der Waals surface area contributed by atoms with Gasteiger partial charge in [-0.05, 0) is 92.7 Å². The molecule has 0 saturated heterocycles. The second-order valence-corrected chi connectivity index (χ2v) is 21.6. The summed E-state index contributed by atoms with van der Waals surface area (Å²) in [6.07, 6.45) is 0.701. The average molecular weight is 1070 g/mol. The second-order valence-electron chi connectivity index (χ2n) is 18.0. The van der Waals surface area contributed by atoms with Gasteiger partial charge in [0.1, 0.15) is 75.9 Å². The lowest BCUT2D eigenvalue weighted by Crippen LogP contribution is -2.29. The molecule has 12 nitrogen and oxygen atoms in total. The maximum Gasteiger partial charge on any atom is 0.307 e. The highest BCUT2D eigenvalue weighted by Crippen LogP contribution is 2.58. The van der Waals surface area contributed by atoms with E-state index in [2.05, 4.69) is 86.9 Å². The van der Waals surface area contributed by atoms with Gasteiger partial charge in [-0.25, -0.2) is 0 Å². The zero-order valence-corrected chi connectivity index (χ0v) is 45.0. The first kappa shape index (κ1) is 55.1. The summed E-state index contributed by atoms with van der Waals surface area (Å²) in [5, 5.41) is 2.62. The minimum Gasteiger partial charge on any atom is -0.490 e. The number of benzene rings is 6. The van der Waals surface area contributed by atoms with Crippen LogP contribution in [0.2, 0.25) is 0 Å². The van der Waals surface area contributed by atoms with Crippen LogP contribution < -0.4 is 18.9 Å². The third-order valence-corrected chi connectivity index (χ3v) is 12.6. The number of esters is 4. The Kier molecular flexibility index (Phi) is 19.6. The van der Waals surface area contributed by atoms with Crippen LogP contribution in [0.5, 0.6) is 23.0 Å². The Hall–Kier alpha value is -5.68. The molecule has 386 valence electrons. The molecule has 4 unspecified atom stereocenters. The lowest BCUT2D eigenvalue weighted by atomic mass is 9.67. The van der Waals surface area contributed by atoms with Gasteiger partial charge in [-0.1, -0.05) is 88.4 Å². The number of thiol groups is 4. The number of hydrogen-bond acceptors (Lipinski definition) is 16. The number of hydrogen-bond donors (Lipinski definition) is 4. The monoisotopic (exact) mass is 1070 g/mol. The van der Waals surface area contributed by atoms with Crippen LogP contribution in [0, 0.1) is 0 Å². The largest absolute Gasteiger partial charge is 0.490 e. The lowest BCUT2D eigenvalue weighted by molar-refractivity contribution is -0.145. The average Bonchev–Trinajstić information content (AvgIpc) is 3.64. The first-order valence-electron chi connectivity index (χ1n) is 24.3. The molecule has 0 spiro atoms. The molecule has 1 aliphatic carbocycles. The molecule has 16 heteroatoms. The highest BCUT2D eigenvalue weighted by atomic mass is 32.1. The molecule has 0 aromatic heterocycles. The van der Waals surface area contributed by atoms with Crippen LogP contribution in [0.4, 0.5) is 0 Å². The Balaban J connectivity index is 1.34. The molecule has 0 bridgehead atoms. The fourth-order valence-corrected chi connectivity index (χ4v) is 9.52. The van der Waals surface area contributed by atoms with Crippen LogP contribution in [0.25, 0.3) is 32.7 Å². The minimum absolute atomic E-state index is 0.00880. The van der Waals surface area contributed by atoms with Gasteiger partial charge in [0.15, 0.2) is 0 Å². The molecule has 0 fully saturated rings. The van der Waals surface area contributed by atoms with Crippen molar-refractivity contribution in [3.63, 3.8) is 0 Å². The number of carbonyl (C=O) groups excluding carboxylic acids is 4. The van der Waals surface area contributed by atoms with Crippen LogP contribution in [0.15, 0.2) is 109 Å². The van der Waals surface area contributed by atoms with Gasteiger partial charge in [-0.15, -0.1) is 0 Å². The Morgan fingerprint density at radius 2 is 0.740 bits per heavy atom. The molecule has 6 aromatic rings. The van der Waals surface area contributed by atoms with E-state index >= 15 is 0 Å². The molecule has 0 radical (unpaired) electrons. The SMILES string of the molecule is CC(S)CC(=O)OCCOc1ccc2cc(C3(c4cc(OCCOC(=O)CC(C)S)c5cc(OCCOC(=O)CC(C)S)ccc5c4)c4ccccc4-c4ccccc43)cc(OCCOC(=O)CC(C)S)c2c1. The normalized spacial score (nSPS) is 14.0. The van der Waals surface area contributed by atoms with Gasteiger partial charge in [0.05, 0.1) is 31.1 Å². The second kappa shape index (κ2) is 26.0. The van der Waals surface area contributed by atoms with Gasteiger partial charge in [-0.3, -0.25) is 19.2 Å². The van der Waals surface area contributed by atoms with Crippen molar-refractivity contribution in [1.82, 2.24) is 0 Å². The molecule has 4 atom stereocenters. The van der Waals surface area contributed by atoms with Gasteiger partial charge in [0.25, 0.3) is 0 Å². The quantitative estimate of drug-likeness (QED) is 0.0178. The summed E-state index contributed by atoms with van der Waals surface area (Å²) in [7, 11) is 0. The maximum absolute atomic E-state index is 12.6. The third kappa shape index (κ3) is 14.3. The van der Waals surface area contributed by atoms with Crippen molar-refractivity contribution in [3.05, 3.63) is 131 Å². The Morgan fingerprint density at radius 3 is 1.08 bits per heavy atom. The van der Waals surface area contributed by atoms with E-state index in [-0.39, 0.29) is 123 Å². The Bertz CT molecular complexity index is 2710. The minimum atomic E-state index is -0.969. The molecule has 6 aromatic carbocycles. The van der Waals surface area contributed by atoms with Crippen molar-refractivity contribution in [3.8, 4) is 34.1 Å². The zero-order chi connectivity index (χ0) is 52.1. The van der Waals surface area contributed by atoms with E-state index < -0.39 is 5.41 Å². The molecular weight excluding hydrogens is 1000 g/mol. The fraction of sp³-hybridized carbons (Fsp3) is 0.368. The summed E-state index contributed by atoms with van der Waals surface area (Å²) < 4.78 is 47.3. The maximum atomic E-state index is 12.6. The standard InChI is InChI=1S/C57H62O12S4/c1-35(70)25-53(58)66-21-17-62-43-15-13-39-29-41(31-51(47(39)33-43)64-19-23-68-55(60)27-37(3)72)57(49-11-7-5-9-45(49)46-10-6-8-12-50(46)57)42-30-40-14-16-44(63-18-22-67-54(59)26-36(2)71)34-48(40)52(32-42)65-20-24-69-56(61)28-38(4)73/h5-16,29-38,70-73H,17-28H2,1-4H3. The molecule has 7 rings (SSSR count). The van der Waals surface area contributed by atoms with Crippen molar-refractivity contribution < 1.29 is 57.1 Å². The van der Waals surface area contributed by atoms with Gasteiger partial charge in [0, 0.05) is 31.8 Å². The van der Waals surface area contributed by atoms with Crippen LogP contribution in [0.1, 0.15) is 75.6 Å². The summed E-state index contributed by atoms with van der Waals surface area (Å²) in [5.41, 5.74) is 4.97. The molecule has 1 aliphatic rings. The molecule has 0 N–H and O–H groups in total. The summed E-state index contributed by atoms with van der Waals surface area (Å²) >= 11 is 17.3. The predicted octanol–water partition coefficient (Wildman–Crippen LogP) is 10.9. The van der Waals surface area contributed by atoms with Gasteiger partial charge >= 0.3 is 23.9 Å². The van der Waals surface area contributed by atoms with Crippen LogP contribution in [-0.4, -0.2) is 97.7 Å². The molecular formula is C57H62O12S4. The fourth-order valence-electron chi connectivity index (χ4n) is 8.93. The van der Waals surface area contributed by atoms with E-state index in [1.807, 2.05) is 100 Å². The van der Waals surface area contributed by atoms with E-state index in [0.29, 0.717) is 23.0 Å². The van der Waals surface area contributed by atoms with Crippen molar-refractivity contribution >= 4 is 95.9 Å². The van der Waals surface area contributed by atoms with E-state index in [9.17, 15) is 19.2 Å². The van der Waals surface area contributed by atoms with Gasteiger partial charge < -0.3 is 37.9 Å². The first-order chi connectivity index (χ1) is 35.1. The van der Waals surface area contributed by atoms with E-state index in [4.69, 9.17) is 37.9 Å². The molecule has 0 heterocycles. The topological polar surface area (TPSA) is 142 Å². The molecule has 73 heavy (non-hydrogen) atoms. The molecule has 0 saturated carbocycles. The third-order valence-electron chi connectivity index (χ3n) is 11.9. The van der Waals surface area contributed by atoms with Crippen molar-refractivity contribution in [2.75, 3.05) is 52.9 Å². The summed E-state index contributed by atoms with van der Waals surface area (Å²) in [4.78, 5) is 49.5. The summed E-state index contributed by atoms with van der Waals surface area (Å²) in [6, 6.07) is 36.6. The molecule has 0 aliphatic heterocycles. The first-order valence-corrected chi connectivity index (χ1v) is 26.4. The number of ether oxygens (including phenoxy) is 8. The summed E-state index contributed by atoms with van der Waals surface area (Å²) in [5.74, 6) is 0.679. The van der Waals surface area contributed by atoms with Crippen molar-refractivity contribution in [1.29, 1.82) is 0 Å². The van der Waals surface area contributed by atoms with Crippen molar-refractivity contribution in [2.45, 2.75) is 79.8 Å². The van der Waals surface area contributed by atoms with Crippen molar-refractivity contribution in [2.24, 2.45) is 0 Å². The van der Waals surface area contributed by atoms with E-state index in [1.54, 1.807) is 0 Å². The van der Waals surface area contributed by atoms with E-state index in [0.717, 1.165) is 54.9 Å².